The molecular weight excluding hydrogens is 186 g/mol. The number of anilines is 1. The minimum Gasteiger partial charge on any atom is -0.325 e. The molecule has 0 saturated carbocycles. The minimum atomic E-state index is 0.0549. The van der Waals surface area contributed by atoms with E-state index in [0.717, 1.165) is 28.3 Å². The summed E-state index contributed by atoms with van der Waals surface area (Å²) in [5.74, 6) is 0.0549. The van der Waals surface area contributed by atoms with Crippen molar-refractivity contribution in [3.05, 3.63) is 28.3 Å². The molecule has 1 aliphatic heterocycles. The summed E-state index contributed by atoms with van der Waals surface area (Å²) in [7, 11) is 0. The van der Waals surface area contributed by atoms with E-state index in [4.69, 9.17) is 11.6 Å². The van der Waals surface area contributed by atoms with E-state index in [-0.39, 0.29) is 5.91 Å². The number of carbonyl (C=O) groups is 1. The van der Waals surface area contributed by atoms with E-state index in [1.807, 2.05) is 12.1 Å². The van der Waals surface area contributed by atoms with E-state index in [0.29, 0.717) is 6.42 Å². The van der Waals surface area contributed by atoms with E-state index < -0.39 is 0 Å². The van der Waals surface area contributed by atoms with Crippen molar-refractivity contribution in [2.45, 2.75) is 19.8 Å². The predicted molar refractivity (Wildman–Crippen MR) is 53.2 cm³/mol. The molecule has 0 bridgehead atoms. The molecule has 0 radical (unpaired) electrons. The quantitative estimate of drug-likeness (QED) is 0.733. The van der Waals surface area contributed by atoms with Gasteiger partial charge in [-0.15, -0.1) is 0 Å². The molecule has 13 heavy (non-hydrogen) atoms. The van der Waals surface area contributed by atoms with Crippen molar-refractivity contribution in [3.8, 4) is 0 Å². The van der Waals surface area contributed by atoms with Gasteiger partial charge in [0.15, 0.2) is 0 Å². The molecule has 2 nitrogen and oxygen atoms in total. The van der Waals surface area contributed by atoms with Gasteiger partial charge in [-0.1, -0.05) is 24.6 Å². The Kier molecular flexibility index (Phi) is 2.00. The fraction of sp³-hybridized carbons (Fsp3) is 0.300. The molecule has 1 aromatic rings. The van der Waals surface area contributed by atoms with E-state index in [1.165, 1.54) is 0 Å². The SMILES string of the molecule is CCc1cc2c(cc1Cl)NC(=O)C2. The number of amides is 1. The van der Waals surface area contributed by atoms with Crippen LogP contribution in [0.2, 0.25) is 5.02 Å². The van der Waals surface area contributed by atoms with E-state index in [9.17, 15) is 4.79 Å². The van der Waals surface area contributed by atoms with Crippen LogP contribution < -0.4 is 5.32 Å². The van der Waals surface area contributed by atoms with Gasteiger partial charge < -0.3 is 5.32 Å². The topological polar surface area (TPSA) is 29.1 Å². The molecule has 0 aliphatic carbocycles. The van der Waals surface area contributed by atoms with Crippen LogP contribution in [0.15, 0.2) is 12.1 Å². The Hall–Kier alpha value is -1.02. The van der Waals surface area contributed by atoms with Crippen LogP contribution in [-0.4, -0.2) is 5.91 Å². The molecule has 3 heteroatoms. The van der Waals surface area contributed by atoms with Gasteiger partial charge in [0.2, 0.25) is 5.91 Å². The molecule has 1 aliphatic rings. The second kappa shape index (κ2) is 3.04. The van der Waals surface area contributed by atoms with Crippen LogP contribution in [-0.2, 0) is 17.6 Å². The molecule has 2 rings (SSSR count). The third kappa shape index (κ3) is 1.42. The summed E-state index contributed by atoms with van der Waals surface area (Å²) >= 11 is 6.00. The molecule has 1 heterocycles. The third-order valence-corrected chi connectivity index (χ3v) is 2.63. The molecule has 68 valence electrons. The highest BCUT2D eigenvalue weighted by Crippen LogP contribution is 2.29. The zero-order chi connectivity index (χ0) is 9.42. The predicted octanol–water partition coefficient (Wildman–Crippen LogP) is 2.40. The molecular formula is C10H10ClNO. The zero-order valence-electron chi connectivity index (χ0n) is 7.36. The third-order valence-electron chi connectivity index (χ3n) is 2.28. The Morgan fingerprint density at radius 1 is 1.54 bits per heavy atom. The number of aryl methyl sites for hydroxylation is 1. The number of benzene rings is 1. The highest BCUT2D eigenvalue weighted by atomic mass is 35.5. The van der Waals surface area contributed by atoms with Crippen molar-refractivity contribution in [2.24, 2.45) is 0 Å². The van der Waals surface area contributed by atoms with Crippen LogP contribution in [0, 0.1) is 0 Å². The van der Waals surface area contributed by atoms with Crippen LogP contribution in [0.4, 0.5) is 5.69 Å². The van der Waals surface area contributed by atoms with E-state index in [2.05, 4.69) is 12.2 Å². The molecule has 0 unspecified atom stereocenters. The summed E-state index contributed by atoms with van der Waals surface area (Å²) in [5, 5.41) is 3.51. The maximum absolute atomic E-state index is 11.1. The maximum Gasteiger partial charge on any atom is 0.228 e. The molecule has 1 aromatic carbocycles. The van der Waals surface area contributed by atoms with E-state index in [1.54, 1.807) is 0 Å². The summed E-state index contributed by atoms with van der Waals surface area (Å²) < 4.78 is 0. The lowest BCUT2D eigenvalue weighted by molar-refractivity contribution is -0.115. The number of carbonyl (C=O) groups excluding carboxylic acids is 1. The number of nitrogens with one attached hydrogen (secondary N) is 1. The van der Waals surface area contributed by atoms with Gasteiger partial charge in [-0.05, 0) is 23.6 Å². The summed E-state index contributed by atoms with van der Waals surface area (Å²) in [6, 6.07) is 3.84. The van der Waals surface area contributed by atoms with Gasteiger partial charge in [0.1, 0.15) is 0 Å². The second-order valence-electron chi connectivity index (χ2n) is 3.18. The van der Waals surface area contributed by atoms with Gasteiger partial charge in [-0.3, -0.25) is 4.79 Å². The second-order valence-corrected chi connectivity index (χ2v) is 3.59. The average molecular weight is 196 g/mol. The smallest absolute Gasteiger partial charge is 0.228 e. The number of fused-ring (bicyclic) bond motifs is 1. The lowest BCUT2D eigenvalue weighted by Gasteiger charge is -2.04. The number of halogens is 1. The first kappa shape index (κ1) is 8.57. The Balaban J connectivity index is 2.50. The van der Waals surface area contributed by atoms with Gasteiger partial charge in [-0.25, -0.2) is 0 Å². The Morgan fingerprint density at radius 2 is 2.31 bits per heavy atom. The van der Waals surface area contributed by atoms with Crippen molar-refractivity contribution in [2.75, 3.05) is 5.32 Å². The normalized spacial score (nSPS) is 14.2. The van der Waals surface area contributed by atoms with Gasteiger partial charge >= 0.3 is 0 Å². The average Bonchev–Trinajstić information content (AvgIpc) is 2.42. The van der Waals surface area contributed by atoms with Crippen molar-refractivity contribution in [1.29, 1.82) is 0 Å². The molecule has 1 N–H and O–H groups in total. The molecule has 1 amide bonds. The van der Waals surface area contributed by atoms with Crippen LogP contribution >= 0.6 is 11.6 Å². The van der Waals surface area contributed by atoms with Crippen molar-refractivity contribution < 1.29 is 4.79 Å². The standard InChI is InChI=1S/C10H10ClNO/c1-2-6-3-7-4-10(13)12-9(7)5-8(6)11/h3,5H,2,4H2,1H3,(H,12,13). The van der Waals surface area contributed by atoms with Crippen LogP contribution in [0.25, 0.3) is 0 Å². The maximum atomic E-state index is 11.1. The summed E-state index contributed by atoms with van der Waals surface area (Å²) in [5.41, 5.74) is 3.04. The van der Waals surface area contributed by atoms with E-state index >= 15 is 0 Å². The van der Waals surface area contributed by atoms with Crippen LogP contribution in [0.5, 0.6) is 0 Å². The van der Waals surface area contributed by atoms with Crippen molar-refractivity contribution >= 4 is 23.2 Å². The lowest BCUT2D eigenvalue weighted by Crippen LogP contribution is -2.03. The van der Waals surface area contributed by atoms with Crippen molar-refractivity contribution in [1.82, 2.24) is 0 Å². The number of rotatable bonds is 1. The molecule has 0 saturated heterocycles. The van der Waals surface area contributed by atoms with Crippen LogP contribution in [0.3, 0.4) is 0 Å². The largest absolute Gasteiger partial charge is 0.325 e. The highest BCUT2D eigenvalue weighted by molar-refractivity contribution is 6.31. The fourth-order valence-electron chi connectivity index (χ4n) is 1.57. The zero-order valence-corrected chi connectivity index (χ0v) is 8.11. The van der Waals surface area contributed by atoms with Crippen LogP contribution in [0.1, 0.15) is 18.1 Å². The number of hydrogen-bond donors (Lipinski definition) is 1. The molecule has 0 atom stereocenters. The molecule has 0 spiro atoms. The minimum absolute atomic E-state index is 0.0549. The van der Waals surface area contributed by atoms with Crippen molar-refractivity contribution in [3.63, 3.8) is 0 Å². The Bertz CT molecular complexity index is 373. The highest BCUT2D eigenvalue weighted by Gasteiger charge is 2.18. The first-order valence-electron chi connectivity index (χ1n) is 4.32. The fourth-order valence-corrected chi connectivity index (χ4v) is 1.87. The molecule has 0 aromatic heterocycles. The first-order chi connectivity index (χ1) is 6.20. The summed E-state index contributed by atoms with van der Waals surface area (Å²) in [6.07, 6.45) is 1.39. The van der Waals surface area contributed by atoms with Gasteiger partial charge in [0.25, 0.3) is 0 Å². The number of hydrogen-bond acceptors (Lipinski definition) is 1. The first-order valence-corrected chi connectivity index (χ1v) is 4.69. The van der Waals surface area contributed by atoms with Gasteiger partial charge in [-0.2, -0.15) is 0 Å². The van der Waals surface area contributed by atoms with Gasteiger partial charge in [0.05, 0.1) is 6.42 Å². The Morgan fingerprint density at radius 3 is 3.00 bits per heavy atom. The summed E-state index contributed by atoms with van der Waals surface area (Å²) in [6.45, 7) is 2.05. The molecule has 0 fully saturated rings. The monoisotopic (exact) mass is 195 g/mol. The lowest BCUT2D eigenvalue weighted by atomic mass is 10.1. The Labute approximate surface area is 81.9 Å². The van der Waals surface area contributed by atoms with Gasteiger partial charge in [0, 0.05) is 10.7 Å². The summed E-state index contributed by atoms with van der Waals surface area (Å²) in [4.78, 5) is 11.1.